The molecule has 0 aromatic carbocycles. The van der Waals surface area contributed by atoms with Crippen LogP contribution in [0.3, 0.4) is 0 Å². The number of esters is 1. The Balaban J connectivity index is 3.00. The topological polar surface area (TPSA) is 72.0 Å². The maximum atomic E-state index is 11.3. The molecule has 0 saturated carbocycles. The summed E-state index contributed by atoms with van der Waals surface area (Å²) in [5.41, 5.74) is -0.644. The van der Waals surface area contributed by atoms with Crippen molar-refractivity contribution in [3.05, 3.63) is 27.9 Å². The Labute approximate surface area is 85.1 Å². The number of alkyl halides is 1. The number of rotatable bonds is 3. The highest BCUT2D eigenvalue weighted by Gasteiger charge is 2.11. The number of carbonyl (C=O) groups excluding carboxylic acids is 1. The van der Waals surface area contributed by atoms with E-state index < -0.39 is 11.5 Å². The summed E-state index contributed by atoms with van der Waals surface area (Å²) < 4.78 is 4.65. The molecule has 1 heterocycles. The molecule has 1 rings (SSSR count). The van der Waals surface area contributed by atoms with E-state index in [4.69, 9.17) is 11.6 Å². The van der Waals surface area contributed by atoms with Gasteiger partial charge in [0.15, 0.2) is 0 Å². The quantitative estimate of drug-likeness (QED) is 0.596. The third-order valence-electron chi connectivity index (χ3n) is 1.47. The molecule has 0 fully saturated rings. The standard InChI is InChI=1S/C8H9ClN2O3/c1-2-14-8(13)5-4-10-6(3-9)11-7(5)12/h4H,2-3H2,1H3,(H,10,11,12). The van der Waals surface area contributed by atoms with E-state index in [0.717, 1.165) is 6.20 Å². The zero-order valence-corrected chi connectivity index (χ0v) is 8.30. The molecule has 0 saturated heterocycles. The highest BCUT2D eigenvalue weighted by atomic mass is 35.5. The lowest BCUT2D eigenvalue weighted by atomic mass is 10.3. The molecule has 6 heteroatoms. The fourth-order valence-electron chi connectivity index (χ4n) is 0.854. The van der Waals surface area contributed by atoms with Crippen LogP contribution in [0.15, 0.2) is 11.0 Å². The third kappa shape index (κ3) is 2.32. The minimum Gasteiger partial charge on any atom is -0.462 e. The van der Waals surface area contributed by atoms with E-state index in [0.29, 0.717) is 5.82 Å². The normalized spacial score (nSPS) is 9.86. The second-order valence-electron chi connectivity index (χ2n) is 2.43. The molecule has 1 N–H and O–H groups in total. The monoisotopic (exact) mass is 216 g/mol. The van der Waals surface area contributed by atoms with E-state index >= 15 is 0 Å². The van der Waals surface area contributed by atoms with Gasteiger partial charge in [0.25, 0.3) is 5.56 Å². The van der Waals surface area contributed by atoms with Crippen LogP contribution >= 0.6 is 11.6 Å². The zero-order valence-electron chi connectivity index (χ0n) is 7.54. The first-order chi connectivity index (χ1) is 6.69. The molecule has 0 aliphatic heterocycles. The molecule has 1 aromatic rings. The number of nitrogens with zero attached hydrogens (tertiary/aromatic N) is 1. The van der Waals surface area contributed by atoms with Crippen molar-refractivity contribution >= 4 is 17.6 Å². The van der Waals surface area contributed by atoms with Crippen LogP contribution in [0.2, 0.25) is 0 Å². The van der Waals surface area contributed by atoms with Crippen molar-refractivity contribution in [1.29, 1.82) is 0 Å². The predicted molar refractivity (Wildman–Crippen MR) is 50.4 cm³/mol. The van der Waals surface area contributed by atoms with Crippen LogP contribution in [0, 0.1) is 0 Å². The average molecular weight is 217 g/mol. The van der Waals surface area contributed by atoms with Crippen LogP contribution in [0.4, 0.5) is 0 Å². The SMILES string of the molecule is CCOC(=O)c1cnc(CCl)[nH]c1=O. The lowest BCUT2D eigenvalue weighted by molar-refractivity contribution is 0.0523. The largest absolute Gasteiger partial charge is 0.462 e. The van der Waals surface area contributed by atoms with Crippen molar-refractivity contribution < 1.29 is 9.53 Å². The number of carbonyl (C=O) groups is 1. The van der Waals surface area contributed by atoms with Crippen LogP contribution in [0.1, 0.15) is 23.1 Å². The average Bonchev–Trinajstić information content (AvgIpc) is 2.17. The summed E-state index contributed by atoms with van der Waals surface area (Å²) in [7, 11) is 0. The zero-order chi connectivity index (χ0) is 10.6. The van der Waals surface area contributed by atoms with Crippen LogP contribution in [-0.2, 0) is 10.6 Å². The summed E-state index contributed by atoms with van der Waals surface area (Å²) in [6.07, 6.45) is 1.16. The number of aromatic amines is 1. The van der Waals surface area contributed by atoms with Crippen molar-refractivity contribution in [2.24, 2.45) is 0 Å². The number of halogens is 1. The van der Waals surface area contributed by atoms with Gasteiger partial charge >= 0.3 is 5.97 Å². The molecule has 0 unspecified atom stereocenters. The fraction of sp³-hybridized carbons (Fsp3) is 0.375. The van der Waals surface area contributed by atoms with Crippen molar-refractivity contribution in [2.45, 2.75) is 12.8 Å². The molecular weight excluding hydrogens is 208 g/mol. The molecule has 76 valence electrons. The highest BCUT2D eigenvalue weighted by Crippen LogP contribution is 1.96. The summed E-state index contributed by atoms with van der Waals surface area (Å²) >= 11 is 5.44. The van der Waals surface area contributed by atoms with Crippen molar-refractivity contribution in [1.82, 2.24) is 9.97 Å². The van der Waals surface area contributed by atoms with E-state index in [2.05, 4.69) is 14.7 Å². The molecule has 0 atom stereocenters. The Morgan fingerprint density at radius 1 is 1.71 bits per heavy atom. The van der Waals surface area contributed by atoms with Gasteiger partial charge in [0.05, 0.1) is 12.5 Å². The third-order valence-corrected chi connectivity index (χ3v) is 1.73. The minimum atomic E-state index is -0.678. The molecule has 1 aromatic heterocycles. The van der Waals surface area contributed by atoms with Crippen LogP contribution < -0.4 is 5.56 Å². The van der Waals surface area contributed by atoms with Gasteiger partial charge in [-0.3, -0.25) is 4.79 Å². The number of ether oxygens (including phenoxy) is 1. The molecule has 5 nitrogen and oxygen atoms in total. The maximum absolute atomic E-state index is 11.3. The van der Waals surface area contributed by atoms with Crippen molar-refractivity contribution in [2.75, 3.05) is 6.61 Å². The first kappa shape index (κ1) is 10.7. The first-order valence-corrected chi connectivity index (χ1v) is 4.53. The van der Waals surface area contributed by atoms with Gasteiger partial charge in [0.1, 0.15) is 11.4 Å². The van der Waals surface area contributed by atoms with Gasteiger partial charge < -0.3 is 9.72 Å². The molecule has 0 spiro atoms. The molecule has 0 bridgehead atoms. The molecular formula is C8H9ClN2O3. The van der Waals surface area contributed by atoms with Gasteiger partial charge in [0.2, 0.25) is 0 Å². The van der Waals surface area contributed by atoms with E-state index in [9.17, 15) is 9.59 Å². The van der Waals surface area contributed by atoms with Gasteiger partial charge in [-0.2, -0.15) is 0 Å². The number of H-pyrrole nitrogens is 1. The number of hydrogen-bond donors (Lipinski definition) is 1. The van der Waals surface area contributed by atoms with Crippen molar-refractivity contribution in [3.8, 4) is 0 Å². The van der Waals surface area contributed by atoms with Crippen LogP contribution in [0.25, 0.3) is 0 Å². The maximum Gasteiger partial charge on any atom is 0.345 e. The lowest BCUT2D eigenvalue weighted by Gasteiger charge is -2.00. The molecule has 0 amide bonds. The number of hydrogen-bond acceptors (Lipinski definition) is 4. The molecule has 14 heavy (non-hydrogen) atoms. The number of nitrogens with one attached hydrogen (secondary N) is 1. The van der Waals surface area contributed by atoms with Crippen LogP contribution in [-0.4, -0.2) is 22.5 Å². The summed E-state index contributed by atoms with van der Waals surface area (Å²) in [4.78, 5) is 28.5. The summed E-state index contributed by atoms with van der Waals surface area (Å²) in [5.74, 6) is -0.259. The predicted octanol–water partition coefficient (Wildman–Crippen LogP) is 0.685. The second kappa shape index (κ2) is 4.76. The minimum absolute atomic E-state index is 0.0956. The molecule has 0 aliphatic rings. The molecule has 0 radical (unpaired) electrons. The Hall–Kier alpha value is -1.36. The summed E-state index contributed by atoms with van der Waals surface area (Å²) in [5, 5.41) is 0. The Kier molecular flexibility index (Phi) is 3.64. The Morgan fingerprint density at radius 3 is 2.93 bits per heavy atom. The van der Waals surface area contributed by atoms with Crippen molar-refractivity contribution in [3.63, 3.8) is 0 Å². The number of aromatic nitrogens is 2. The summed E-state index contributed by atoms with van der Waals surface area (Å²) in [6.45, 7) is 1.88. The molecule has 0 aliphatic carbocycles. The van der Waals surface area contributed by atoms with Crippen LogP contribution in [0.5, 0.6) is 0 Å². The van der Waals surface area contributed by atoms with E-state index in [1.54, 1.807) is 6.92 Å². The van der Waals surface area contributed by atoms with Gasteiger partial charge in [-0.25, -0.2) is 9.78 Å². The van der Waals surface area contributed by atoms with E-state index in [-0.39, 0.29) is 18.1 Å². The fourth-order valence-corrected chi connectivity index (χ4v) is 0.990. The van der Waals surface area contributed by atoms with Gasteiger partial charge in [0, 0.05) is 6.20 Å². The summed E-state index contributed by atoms with van der Waals surface area (Å²) in [6, 6.07) is 0. The first-order valence-electron chi connectivity index (χ1n) is 4.00. The highest BCUT2D eigenvalue weighted by molar-refractivity contribution is 6.16. The lowest BCUT2D eigenvalue weighted by Crippen LogP contribution is -2.21. The Bertz CT molecular complexity index is 388. The smallest absolute Gasteiger partial charge is 0.345 e. The van der Waals surface area contributed by atoms with Gasteiger partial charge in [-0.15, -0.1) is 11.6 Å². The second-order valence-corrected chi connectivity index (χ2v) is 2.69. The van der Waals surface area contributed by atoms with E-state index in [1.165, 1.54) is 0 Å². The van der Waals surface area contributed by atoms with Gasteiger partial charge in [-0.1, -0.05) is 0 Å². The van der Waals surface area contributed by atoms with E-state index in [1.807, 2.05) is 0 Å². The Morgan fingerprint density at radius 2 is 2.43 bits per heavy atom. The van der Waals surface area contributed by atoms with Gasteiger partial charge in [-0.05, 0) is 6.92 Å².